The zero-order chi connectivity index (χ0) is 16.8. The number of nitrogens with one attached hydrogen (secondary N) is 2. The van der Waals surface area contributed by atoms with Gasteiger partial charge in [0.2, 0.25) is 5.91 Å². The molecule has 0 unspecified atom stereocenters. The Morgan fingerprint density at radius 2 is 2.00 bits per heavy atom. The smallest absolute Gasteiger partial charge is 0.238 e. The van der Waals surface area contributed by atoms with Gasteiger partial charge in [-0.25, -0.2) is 0 Å². The zero-order valence-corrected chi connectivity index (χ0v) is 13.9. The highest BCUT2D eigenvalue weighted by Crippen LogP contribution is 2.22. The van der Waals surface area contributed by atoms with Crippen LogP contribution in [0.25, 0.3) is 0 Å². The molecule has 0 aromatic heterocycles. The van der Waals surface area contributed by atoms with Crippen molar-refractivity contribution in [3.8, 4) is 6.07 Å². The topological polar surface area (TPSA) is 64.9 Å². The van der Waals surface area contributed by atoms with Gasteiger partial charge < -0.3 is 10.6 Å². The zero-order valence-electron chi connectivity index (χ0n) is 12.4. The van der Waals surface area contributed by atoms with Gasteiger partial charge in [0, 0.05) is 16.1 Å². The molecular formula is C17H15Cl2N3O. The molecule has 1 amide bonds. The van der Waals surface area contributed by atoms with E-state index in [2.05, 4.69) is 10.6 Å². The monoisotopic (exact) mass is 347 g/mol. The lowest BCUT2D eigenvalue weighted by molar-refractivity contribution is -0.115. The summed E-state index contributed by atoms with van der Waals surface area (Å²) < 4.78 is 0. The minimum Gasteiger partial charge on any atom is -0.324 e. The van der Waals surface area contributed by atoms with Crippen molar-refractivity contribution in [2.24, 2.45) is 0 Å². The number of carbonyl (C=O) groups excluding carboxylic acids is 1. The lowest BCUT2D eigenvalue weighted by atomic mass is 10.1. The number of hydrogen-bond donors (Lipinski definition) is 2. The fourth-order valence-electron chi connectivity index (χ4n) is 2.09. The van der Waals surface area contributed by atoms with Gasteiger partial charge in [-0.3, -0.25) is 4.79 Å². The highest BCUT2D eigenvalue weighted by Gasteiger charge is 2.12. The second-order valence-corrected chi connectivity index (χ2v) is 5.82. The van der Waals surface area contributed by atoms with E-state index >= 15 is 0 Å². The number of rotatable bonds is 5. The summed E-state index contributed by atoms with van der Waals surface area (Å²) in [6.45, 7) is 2.01. The molecule has 2 rings (SSSR count). The quantitative estimate of drug-likeness (QED) is 0.853. The van der Waals surface area contributed by atoms with E-state index in [1.165, 1.54) is 0 Å². The van der Waals surface area contributed by atoms with Crippen LogP contribution in [-0.4, -0.2) is 12.5 Å². The summed E-state index contributed by atoms with van der Waals surface area (Å²) >= 11 is 12.0. The van der Waals surface area contributed by atoms with Crippen molar-refractivity contribution in [1.29, 1.82) is 5.26 Å². The molecule has 0 bridgehead atoms. The van der Waals surface area contributed by atoms with Crippen LogP contribution >= 0.6 is 23.2 Å². The number of carbonyl (C=O) groups is 1. The molecule has 0 aliphatic carbocycles. The molecule has 2 aromatic carbocycles. The summed E-state index contributed by atoms with van der Waals surface area (Å²) in [7, 11) is 0. The Morgan fingerprint density at radius 3 is 2.70 bits per heavy atom. The third kappa shape index (κ3) is 4.70. The van der Waals surface area contributed by atoms with Crippen molar-refractivity contribution in [3.05, 3.63) is 63.6 Å². The predicted molar refractivity (Wildman–Crippen MR) is 92.7 cm³/mol. The molecule has 0 aliphatic rings. The first-order chi connectivity index (χ1) is 11.0. The maximum atomic E-state index is 12.1. The van der Waals surface area contributed by atoms with E-state index in [-0.39, 0.29) is 18.5 Å². The van der Waals surface area contributed by atoms with Gasteiger partial charge in [-0.15, -0.1) is 0 Å². The molecule has 23 heavy (non-hydrogen) atoms. The number of anilines is 1. The van der Waals surface area contributed by atoms with Crippen LogP contribution < -0.4 is 10.6 Å². The molecule has 0 saturated carbocycles. The number of benzene rings is 2. The first-order valence-electron chi connectivity index (χ1n) is 6.98. The van der Waals surface area contributed by atoms with Crippen LogP contribution in [0.4, 0.5) is 5.69 Å². The Labute approximate surface area is 145 Å². The number of nitriles is 1. The van der Waals surface area contributed by atoms with Crippen molar-refractivity contribution in [2.75, 3.05) is 11.9 Å². The molecule has 118 valence electrons. The van der Waals surface area contributed by atoms with E-state index in [4.69, 9.17) is 28.5 Å². The van der Waals surface area contributed by atoms with E-state index in [0.29, 0.717) is 21.3 Å². The highest BCUT2D eigenvalue weighted by molar-refractivity contribution is 6.31. The van der Waals surface area contributed by atoms with Crippen LogP contribution in [0, 0.1) is 11.3 Å². The fourth-order valence-corrected chi connectivity index (χ4v) is 2.57. The second-order valence-electron chi connectivity index (χ2n) is 4.97. The van der Waals surface area contributed by atoms with Crippen LogP contribution in [0.2, 0.25) is 10.0 Å². The molecule has 2 aromatic rings. The fraction of sp³-hybridized carbons (Fsp3) is 0.176. The second kappa shape index (κ2) is 7.98. The summed E-state index contributed by atoms with van der Waals surface area (Å²) in [6.07, 6.45) is 0. The minimum atomic E-state index is -0.261. The molecule has 0 spiro atoms. The lowest BCUT2D eigenvalue weighted by Gasteiger charge is -2.15. The molecule has 1 atom stereocenters. The summed E-state index contributed by atoms with van der Waals surface area (Å²) in [5.74, 6) is -0.261. The lowest BCUT2D eigenvalue weighted by Crippen LogP contribution is -2.30. The van der Waals surface area contributed by atoms with Gasteiger partial charge >= 0.3 is 0 Å². The molecule has 0 fully saturated rings. The van der Waals surface area contributed by atoms with E-state index in [0.717, 1.165) is 5.56 Å². The molecular weight excluding hydrogens is 333 g/mol. The average molecular weight is 348 g/mol. The van der Waals surface area contributed by atoms with Crippen LogP contribution in [-0.2, 0) is 4.79 Å². The van der Waals surface area contributed by atoms with Crippen LogP contribution in [0.5, 0.6) is 0 Å². The van der Waals surface area contributed by atoms with Crippen molar-refractivity contribution in [2.45, 2.75) is 13.0 Å². The molecule has 0 saturated heterocycles. The van der Waals surface area contributed by atoms with Crippen molar-refractivity contribution in [3.63, 3.8) is 0 Å². The van der Waals surface area contributed by atoms with Crippen LogP contribution in [0.15, 0.2) is 42.5 Å². The van der Waals surface area contributed by atoms with Crippen molar-refractivity contribution in [1.82, 2.24) is 5.32 Å². The summed E-state index contributed by atoms with van der Waals surface area (Å²) in [6, 6.07) is 14.1. The first kappa shape index (κ1) is 17.3. The summed E-state index contributed by atoms with van der Waals surface area (Å²) in [5, 5.41) is 15.9. The Balaban J connectivity index is 1.97. The van der Waals surface area contributed by atoms with Gasteiger partial charge in [-0.2, -0.15) is 5.26 Å². The van der Waals surface area contributed by atoms with Gasteiger partial charge in [0.05, 0.1) is 17.8 Å². The highest BCUT2D eigenvalue weighted by atomic mass is 35.5. The maximum absolute atomic E-state index is 12.1. The predicted octanol–water partition coefficient (Wildman–Crippen LogP) is 4.15. The number of nitrogens with zero attached hydrogens (tertiary/aromatic N) is 1. The standard InChI is InChI=1S/C17H15Cl2N3O/c1-11(14-4-2-3-5-15(14)19)21-10-17(23)22-16-8-13(18)7-6-12(16)9-20/h2-8,11,21H,10H2,1H3,(H,22,23)/t11-/m1/s1. The van der Waals surface area contributed by atoms with Gasteiger partial charge in [0.15, 0.2) is 0 Å². The Kier molecular flexibility index (Phi) is 6.00. The third-order valence-corrected chi connectivity index (χ3v) is 3.90. The van der Waals surface area contributed by atoms with E-state index in [1.807, 2.05) is 31.2 Å². The maximum Gasteiger partial charge on any atom is 0.238 e. The van der Waals surface area contributed by atoms with Gasteiger partial charge in [0.1, 0.15) is 6.07 Å². The molecule has 0 heterocycles. The van der Waals surface area contributed by atoms with Gasteiger partial charge in [-0.05, 0) is 36.8 Å². The minimum absolute atomic E-state index is 0.0794. The third-order valence-electron chi connectivity index (χ3n) is 3.32. The van der Waals surface area contributed by atoms with E-state index in [1.54, 1.807) is 24.3 Å². The van der Waals surface area contributed by atoms with E-state index in [9.17, 15) is 4.79 Å². The normalized spacial score (nSPS) is 11.6. The average Bonchev–Trinajstić information content (AvgIpc) is 2.53. The summed E-state index contributed by atoms with van der Waals surface area (Å²) in [4.78, 5) is 12.1. The van der Waals surface area contributed by atoms with Crippen LogP contribution in [0.3, 0.4) is 0 Å². The SMILES string of the molecule is C[C@@H](NCC(=O)Nc1cc(Cl)ccc1C#N)c1ccccc1Cl. The molecule has 4 nitrogen and oxygen atoms in total. The first-order valence-corrected chi connectivity index (χ1v) is 7.74. The largest absolute Gasteiger partial charge is 0.324 e. The Bertz CT molecular complexity index is 756. The number of hydrogen-bond acceptors (Lipinski definition) is 3. The molecule has 6 heteroatoms. The Hall–Kier alpha value is -2.06. The molecule has 0 radical (unpaired) electrons. The van der Waals surface area contributed by atoms with Crippen molar-refractivity contribution < 1.29 is 4.79 Å². The van der Waals surface area contributed by atoms with Gasteiger partial charge in [-0.1, -0.05) is 41.4 Å². The molecule has 0 aliphatic heterocycles. The van der Waals surface area contributed by atoms with Crippen molar-refractivity contribution >= 4 is 34.8 Å². The number of halogens is 2. The van der Waals surface area contributed by atoms with E-state index < -0.39 is 0 Å². The van der Waals surface area contributed by atoms with Crippen LogP contribution in [0.1, 0.15) is 24.1 Å². The Morgan fingerprint density at radius 1 is 1.26 bits per heavy atom. The van der Waals surface area contributed by atoms with Gasteiger partial charge in [0.25, 0.3) is 0 Å². The summed E-state index contributed by atoms with van der Waals surface area (Å²) in [5.41, 5.74) is 1.68. The molecule has 2 N–H and O–H groups in total. The number of amides is 1.